The zero-order chi connectivity index (χ0) is 15.8. The zero-order valence-electron chi connectivity index (χ0n) is 12.1. The first-order valence-corrected chi connectivity index (χ1v) is 8.54. The fraction of sp³-hybridized carbons (Fsp3) is 0.0625. The number of fused-ring (bicyclic) bond motifs is 1. The predicted octanol–water partition coefficient (Wildman–Crippen LogP) is 2.44. The van der Waals surface area contributed by atoms with Crippen LogP contribution in [0.2, 0.25) is 0 Å². The number of thiazole rings is 1. The maximum absolute atomic E-state index is 12.5. The average Bonchev–Trinajstić information content (AvgIpc) is 3.28. The Balaban J connectivity index is 1.86. The summed E-state index contributed by atoms with van der Waals surface area (Å²) >= 11 is 2.93. The zero-order valence-corrected chi connectivity index (χ0v) is 13.7. The van der Waals surface area contributed by atoms with E-state index in [1.54, 1.807) is 18.4 Å². The number of benzene rings is 1. The van der Waals surface area contributed by atoms with Crippen LogP contribution in [0.4, 0.5) is 0 Å². The molecule has 3 heterocycles. The van der Waals surface area contributed by atoms with Gasteiger partial charge in [0.05, 0.1) is 17.2 Å². The Bertz CT molecular complexity index is 1080. The van der Waals surface area contributed by atoms with Gasteiger partial charge in [0.25, 0.3) is 5.56 Å². The first kappa shape index (κ1) is 14.1. The van der Waals surface area contributed by atoms with Gasteiger partial charge < -0.3 is 4.74 Å². The van der Waals surface area contributed by atoms with Gasteiger partial charge in [-0.3, -0.25) is 4.79 Å². The van der Waals surface area contributed by atoms with E-state index in [2.05, 4.69) is 10.1 Å². The Labute approximate surface area is 139 Å². The molecule has 7 heteroatoms. The molecule has 0 radical (unpaired) electrons. The summed E-state index contributed by atoms with van der Waals surface area (Å²) in [5, 5.41) is 6.33. The number of thiophene rings is 1. The van der Waals surface area contributed by atoms with Crippen molar-refractivity contribution in [3.8, 4) is 17.1 Å². The van der Waals surface area contributed by atoms with E-state index in [0.29, 0.717) is 21.1 Å². The van der Waals surface area contributed by atoms with Crippen LogP contribution in [0, 0.1) is 0 Å². The second-order valence-electron chi connectivity index (χ2n) is 4.76. The Kier molecular flexibility index (Phi) is 3.44. The van der Waals surface area contributed by atoms with Crippen molar-refractivity contribution >= 4 is 33.7 Å². The lowest BCUT2D eigenvalue weighted by Crippen LogP contribution is -2.23. The van der Waals surface area contributed by atoms with Crippen LogP contribution >= 0.6 is 22.7 Å². The molecule has 4 rings (SSSR count). The first-order chi connectivity index (χ1) is 11.3. The third-order valence-corrected chi connectivity index (χ3v) is 5.12. The quantitative estimate of drug-likeness (QED) is 0.574. The van der Waals surface area contributed by atoms with Crippen molar-refractivity contribution in [1.82, 2.24) is 14.6 Å². The molecule has 0 aliphatic rings. The van der Waals surface area contributed by atoms with Gasteiger partial charge in [0.2, 0.25) is 4.96 Å². The molecule has 23 heavy (non-hydrogen) atoms. The van der Waals surface area contributed by atoms with E-state index in [0.717, 1.165) is 10.4 Å². The smallest absolute Gasteiger partial charge is 0.291 e. The third kappa shape index (κ3) is 2.43. The summed E-state index contributed by atoms with van der Waals surface area (Å²) in [4.78, 5) is 18.6. The SMILES string of the molecule is COc1ccccc1-c1nc2s/c(=C/c3cccs3)c(=O)n2n1. The van der Waals surface area contributed by atoms with Crippen LogP contribution in [-0.2, 0) is 0 Å². The number of ether oxygens (including phenoxy) is 1. The Morgan fingerprint density at radius 1 is 1.22 bits per heavy atom. The van der Waals surface area contributed by atoms with Crippen molar-refractivity contribution in [1.29, 1.82) is 0 Å². The maximum atomic E-state index is 12.5. The topological polar surface area (TPSA) is 56.5 Å². The highest BCUT2D eigenvalue weighted by Gasteiger charge is 2.14. The van der Waals surface area contributed by atoms with E-state index >= 15 is 0 Å². The molecule has 0 aliphatic carbocycles. The minimum absolute atomic E-state index is 0.146. The molecule has 5 nitrogen and oxygen atoms in total. The van der Waals surface area contributed by atoms with E-state index in [9.17, 15) is 4.79 Å². The molecule has 4 aromatic rings. The number of nitrogens with zero attached hydrogens (tertiary/aromatic N) is 3. The van der Waals surface area contributed by atoms with Gasteiger partial charge in [-0.15, -0.1) is 16.4 Å². The van der Waals surface area contributed by atoms with E-state index in [-0.39, 0.29) is 5.56 Å². The van der Waals surface area contributed by atoms with Crippen molar-refractivity contribution in [3.05, 3.63) is 61.5 Å². The van der Waals surface area contributed by atoms with E-state index < -0.39 is 0 Å². The van der Waals surface area contributed by atoms with Gasteiger partial charge in [-0.05, 0) is 29.7 Å². The van der Waals surface area contributed by atoms with E-state index in [4.69, 9.17) is 4.74 Å². The van der Waals surface area contributed by atoms with E-state index in [1.165, 1.54) is 15.9 Å². The highest BCUT2D eigenvalue weighted by molar-refractivity contribution is 7.15. The molecule has 114 valence electrons. The number of rotatable bonds is 3. The summed E-state index contributed by atoms with van der Waals surface area (Å²) in [6.45, 7) is 0. The van der Waals surface area contributed by atoms with Gasteiger partial charge in [0.15, 0.2) is 5.82 Å². The molecule has 0 fully saturated rings. The summed E-state index contributed by atoms with van der Waals surface area (Å²) in [7, 11) is 1.60. The van der Waals surface area contributed by atoms with Crippen molar-refractivity contribution in [2.24, 2.45) is 0 Å². The Hall–Kier alpha value is -2.51. The van der Waals surface area contributed by atoms with Gasteiger partial charge in [-0.25, -0.2) is 0 Å². The molecule has 3 aromatic heterocycles. The fourth-order valence-electron chi connectivity index (χ4n) is 2.28. The van der Waals surface area contributed by atoms with Crippen molar-refractivity contribution in [2.75, 3.05) is 7.11 Å². The molecule has 0 N–H and O–H groups in total. The average molecular weight is 341 g/mol. The fourth-order valence-corrected chi connectivity index (χ4v) is 3.91. The van der Waals surface area contributed by atoms with Crippen LogP contribution in [0.5, 0.6) is 5.75 Å². The summed E-state index contributed by atoms with van der Waals surface area (Å²) in [5.41, 5.74) is 0.626. The molecule has 0 aliphatic heterocycles. The lowest BCUT2D eigenvalue weighted by atomic mass is 10.2. The van der Waals surface area contributed by atoms with Crippen LogP contribution < -0.4 is 14.8 Å². The highest BCUT2D eigenvalue weighted by Crippen LogP contribution is 2.27. The molecule has 0 spiro atoms. The summed E-state index contributed by atoms with van der Waals surface area (Å²) in [6, 6.07) is 11.4. The van der Waals surface area contributed by atoms with Crippen LogP contribution in [0.3, 0.4) is 0 Å². The van der Waals surface area contributed by atoms with E-state index in [1.807, 2.05) is 47.9 Å². The van der Waals surface area contributed by atoms with Gasteiger partial charge >= 0.3 is 0 Å². The number of hydrogen-bond acceptors (Lipinski definition) is 6. The third-order valence-electron chi connectivity index (χ3n) is 3.35. The van der Waals surface area contributed by atoms with Crippen LogP contribution in [0.25, 0.3) is 22.4 Å². The number of methoxy groups -OCH3 is 1. The van der Waals surface area contributed by atoms with Gasteiger partial charge in [-0.2, -0.15) is 9.50 Å². The number of aromatic nitrogens is 3. The van der Waals surface area contributed by atoms with Crippen LogP contribution in [-0.4, -0.2) is 21.7 Å². The van der Waals surface area contributed by atoms with Crippen molar-refractivity contribution < 1.29 is 4.74 Å². The molecular weight excluding hydrogens is 330 g/mol. The molecule has 0 saturated heterocycles. The molecular formula is C16H11N3O2S2. The van der Waals surface area contributed by atoms with Gasteiger partial charge in [0.1, 0.15) is 5.75 Å². The number of para-hydroxylation sites is 1. The molecule has 0 unspecified atom stereocenters. The first-order valence-electron chi connectivity index (χ1n) is 6.84. The molecule has 1 aromatic carbocycles. The predicted molar refractivity (Wildman–Crippen MR) is 92.2 cm³/mol. The maximum Gasteiger partial charge on any atom is 0.291 e. The monoisotopic (exact) mass is 341 g/mol. The summed E-state index contributed by atoms with van der Waals surface area (Å²) < 4.78 is 7.31. The van der Waals surface area contributed by atoms with Gasteiger partial charge in [-0.1, -0.05) is 29.5 Å². The lowest BCUT2D eigenvalue weighted by Gasteiger charge is -2.03. The minimum atomic E-state index is -0.146. The van der Waals surface area contributed by atoms with Crippen LogP contribution in [0.1, 0.15) is 4.88 Å². The van der Waals surface area contributed by atoms with Crippen molar-refractivity contribution in [2.45, 2.75) is 0 Å². The molecule has 0 amide bonds. The highest BCUT2D eigenvalue weighted by atomic mass is 32.1. The lowest BCUT2D eigenvalue weighted by molar-refractivity contribution is 0.416. The normalized spacial score (nSPS) is 12.1. The summed E-state index contributed by atoms with van der Waals surface area (Å²) in [5.74, 6) is 1.18. The van der Waals surface area contributed by atoms with Crippen molar-refractivity contribution in [3.63, 3.8) is 0 Å². The molecule has 0 atom stereocenters. The Morgan fingerprint density at radius 3 is 2.83 bits per heavy atom. The Morgan fingerprint density at radius 2 is 2.09 bits per heavy atom. The second-order valence-corrected chi connectivity index (χ2v) is 6.75. The minimum Gasteiger partial charge on any atom is -0.496 e. The standard InChI is InChI=1S/C16H11N3O2S2/c1-21-12-7-3-2-6-11(12)14-17-16-19(18-14)15(20)13(23-16)9-10-5-4-8-22-10/h2-9H,1H3/b13-9+. The molecule has 0 saturated carbocycles. The van der Waals surface area contributed by atoms with Crippen LogP contribution in [0.15, 0.2) is 46.6 Å². The molecule has 0 bridgehead atoms. The number of hydrogen-bond donors (Lipinski definition) is 0. The van der Waals surface area contributed by atoms with Gasteiger partial charge in [0, 0.05) is 4.88 Å². The summed E-state index contributed by atoms with van der Waals surface area (Å²) in [6.07, 6.45) is 1.87. The second kappa shape index (κ2) is 5.60. The largest absolute Gasteiger partial charge is 0.496 e.